The normalized spacial score (nSPS) is 13.8. The number of carbonyl (C=O) groups excluding carboxylic acids is 1. The van der Waals surface area contributed by atoms with Crippen molar-refractivity contribution < 1.29 is 32.2 Å². The number of hydrogen-bond acceptors (Lipinski definition) is 7. The van der Waals surface area contributed by atoms with Gasteiger partial charge in [-0.15, -0.1) is 0 Å². The summed E-state index contributed by atoms with van der Waals surface area (Å²) in [6.45, 7) is 2.36. The Labute approximate surface area is 181 Å². The van der Waals surface area contributed by atoms with Crippen LogP contribution in [0.25, 0.3) is 0 Å². The maximum atomic E-state index is 12.7. The molecule has 0 fully saturated rings. The van der Waals surface area contributed by atoms with Gasteiger partial charge in [0.25, 0.3) is 0 Å². The Hall–Kier alpha value is -3.14. The second-order valence-electron chi connectivity index (χ2n) is 7.00. The van der Waals surface area contributed by atoms with Crippen molar-refractivity contribution in [2.24, 2.45) is 0 Å². The Morgan fingerprint density at radius 1 is 1.10 bits per heavy atom. The van der Waals surface area contributed by atoms with Crippen LogP contribution in [0.1, 0.15) is 18.5 Å². The Morgan fingerprint density at radius 3 is 2.45 bits per heavy atom. The average Bonchev–Trinajstić information content (AvgIpc) is 2.76. The van der Waals surface area contributed by atoms with Gasteiger partial charge in [-0.05, 0) is 36.8 Å². The molecule has 10 heteroatoms. The summed E-state index contributed by atoms with van der Waals surface area (Å²) in [6, 6.07) is 9.75. The summed E-state index contributed by atoms with van der Waals surface area (Å²) in [4.78, 5) is 12.7. The molecule has 31 heavy (non-hydrogen) atoms. The third kappa shape index (κ3) is 5.32. The minimum atomic E-state index is -3.76. The second kappa shape index (κ2) is 9.34. The Kier molecular flexibility index (Phi) is 6.79. The highest BCUT2D eigenvalue weighted by Crippen LogP contribution is 2.34. The smallest absolute Gasteiger partial charge is 0.241 e. The van der Waals surface area contributed by atoms with E-state index in [1.54, 1.807) is 24.3 Å². The van der Waals surface area contributed by atoms with Gasteiger partial charge in [-0.3, -0.25) is 9.10 Å². The molecule has 3 rings (SSSR count). The van der Waals surface area contributed by atoms with Crippen LogP contribution in [-0.4, -0.2) is 54.6 Å². The summed E-state index contributed by atoms with van der Waals surface area (Å²) in [5.41, 5.74) is 1.05. The molecule has 0 saturated heterocycles. The van der Waals surface area contributed by atoms with Crippen molar-refractivity contribution in [3.05, 3.63) is 42.0 Å². The van der Waals surface area contributed by atoms with Crippen LogP contribution in [0.5, 0.6) is 23.0 Å². The van der Waals surface area contributed by atoms with Crippen molar-refractivity contribution in [2.45, 2.75) is 13.0 Å². The van der Waals surface area contributed by atoms with Crippen LogP contribution in [-0.2, 0) is 14.8 Å². The van der Waals surface area contributed by atoms with Crippen molar-refractivity contribution >= 4 is 21.6 Å². The van der Waals surface area contributed by atoms with Crippen LogP contribution in [0.15, 0.2) is 36.4 Å². The number of fused-ring (bicyclic) bond motifs is 1. The van der Waals surface area contributed by atoms with Crippen LogP contribution in [0.2, 0.25) is 0 Å². The number of ether oxygens (including phenoxy) is 4. The minimum Gasteiger partial charge on any atom is -0.497 e. The second-order valence-corrected chi connectivity index (χ2v) is 8.91. The zero-order valence-electron chi connectivity index (χ0n) is 17.9. The van der Waals surface area contributed by atoms with E-state index >= 15 is 0 Å². The van der Waals surface area contributed by atoms with E-state index in [-0.39, 0.29) is 17.5 Å². The van der Waals surface area contributed by atoms with E-state index in [2.05, 4.69) is 5.32 Å². The molecule has 1 atom stereocenters. The first kappa shape index (κ1) is 22.5. The van der Waals surface area contributed by atoms with Gasteiger partial charge in [-0.25, -0.2) is 8.42 Å². The minimum absolute atomic E-state index is 0.243. The molecule has 1 heterocycles. The fourth-order valence-electron chi connectivity index (χ4n) is 3.20. The highest BCUT2D eigenvalue weighted by atomic mass is 32.2. The molecule has 168 valence electrons. The maximum Gasteiger partial charge on any atom is 0.241 e. The standard InChI is InChI=1S/C21H26N2O7S/c1-14(15-5-8-18-20(11-15)30-10-9-29-18)22-21(24)13-23(31(4,25)26)17-7-6-16(27-2)12-19(17)28-3/h5-8,11-12,14H,9-10,13H2,1-4H3,(H,22,24)/t14-/m1/s1. The summed E-state index contributed by atoms with van der Waals surface area (Å²) in [7, 11) is -0.848. The van der Waals surface area contributed by atoms with Gasteiger partial charge in [0, 0.05) is 6.07 Å². The van der Waals surface area contributed by atoms with Gasteiger partial charge in [0.05, 0.1) is 32.2 Å². The van der Waals surface area contributed by atoms with E-state index in [1.165, 1.54) is 20.3 Å². The monoisotopic (exact) mass is 450 g/mol. The van der Waals surface area contributed by atoms with E-state index in [4.69, 9.17) is 18.9 Å². The quantitative estimate of drug-likeness (QED) is 0.657. The molecule has 1 N–H and O–H groups in total. The molecule has 2 aromatic carbocycles. The molecule has 0 radical (unpaired) electrons. The molecule has 0 aromatic heterocycles. The molecule has 9 nitrogen and oxygen atoms in total. The lowest BCUT2D eigenvalue weighted by molar-refractivity contribution is -0.120. The van der Waals surface area contributed by atoms with Crippen molar-refractivity contribution in [3.63, 3.8) is 0 Å². The fourth-order valence-corrected chi connectivity index (χ4v) is 4.06. The molecule has 0 unspecified atom stereocenters. The summed E-state index contributed by atoms with van der Waals surface area (Å²) in [6.07, 6.45) is 1.04. The van der Waals surface area contributed by atoms with Gasteiger partial charge >= 0.3 is 0 Å². The molecule has 2 aromatic rings. The Bertz CT molecular complexity index is 1060. The lowest BCUT2D eigenvalue weighted by Crippen LogP contribution is -2.41. The summed E-state index contributed by atoms with van der Waals surface area (Å²) in [5, 5.41) is 2.83. The zero-order chi connectivity index (χ0) is 22.6. The van der Waals surface area contributed by atoms with Crippen LogP contribution in [0.4, 0.5) is 5.69 Å². The first-order chi connectivity index (χ1) is 14.7. The van der Waals surface area contributed by atoms with Crippen molar-refractivity contribution in [2.75, 3.05) is 44.5 Å². The van der Waals surface area contributed by atoms with E-state index in [9.17, 15) is 13.2 Å². The predicted molar refractivity (Wildman–Crippen MR) is 116 cm³/mol. The number of amides is 1. The van der Waals surface area contributed by atoms with E-state index in [0.29, 0.717) is 30.5 Å². The van der Waals surface area contributed by atoms with Gasteiger partial charge in [0.15, 0.2) is 11.5 Å². The van der Waals surface area contributed by atoms with Crippen LogP contribution in [0, 0.1) is 0 Å². The molecule has 1 aliphatic heterocycles. The van der Waals surface area contributed by atoms with Gasteiger partial charge in [-0.1, -0.05) is 6.07 Å². The molecule has 0 bridgehead atoms. The van der Waals surface area contributed by atoms with Crippen LogP contribution < -0.4 is 28.6 Å². The highest BCUT2D eigenvalue weighted by Gasteiger charge is 2.25. The van der Waals surface area contributed by atoms with E-state index in [0.717, 1.165) is 16.1 Å². The maximum absolute atomic E-state index is 12.7. The van der Waals surface area contributed by atoms with Crippen molar-refractivity contribution in [3.8, 4) is 23.0 Å². The first-order valence-electron chi connectivity index (χ1n) is 9.61. The van der Waals surface area contributed by atoms with Crippen molar-refractivity contribution in [1.82, 2.24) is 5.32 Å². The SMILES string of the molecule is COc1ccc(N(CC(=O)N[C@H](C)c2ccc3c(c2)OCCO3)S(C)(=O)=O)c(OC)c1. The number of benzene rings is 2. The van der Waals surface area contributed by atoms with Gasteiger partial charge in [-0.2, -0.15) is 0 Å². The first-order valence-corrected chi connectivity index (χ1v) is 11.5. The fraction of sp³-hybridized carbons (Fsp3) is 0.381. The number of rotatable bonds is 8. The summed E-state index contributed by atoms with van der Waals surface area (Å²) >= 11 is 0. The molecule has 0 saturated carbocycles. The third-order valence-corrected chi connectivity index (χ3v) is 5.91. The molecule has 0 spiro atoms. The highest BCUT2D eigenvalue weighted by molar-refractivity contribution is 7.92. The van der Waals surface area contributed by atoms with Crippen LogP contribution in [0.3, 0.4) is 0 Å². The van der Waals surface area contributed by atoms with E-state index in [1.807, 2.05) is 13.0 Å². The molecule has 1 amide bonds. The van der Waals surface area contributed by atoms with Gasteiger partial charge in [0.1, 0.15) is 31.3 Å². The van der Waals surface area contributed by atoms with Gasteiger partial charge in [0.2, 0.25) is 15.9 Å². The molecule has 0 aliphatic carbocycles. The topological polar surface area (TPSA) is 103 Å². The molecular formula is C21H26N2O7S. The molecular weight excluding hydrogens is 424 g/mol. The number of anilines is 1. The van der Waals surface area contributed by atoms with Gasteiger partial charge < -0.3 is 24.3 Å². The number of hydrogen-bond donors (Lipinski definition) is 1. The number of carbonyl (C=O) groups is 1. The average molecular weight is 451 g/mol. The summed E-state index contributed by atoms with van der Waals surface area (Å²) < 4.78 is 47.4. The number of nitrogens with zero attached hydrogens (tertiary/aromatic N) is 1. The van der Waals surface area contributed by atoms with Crippen LogP contribution >= 0.6 is 0 Å². The largest absolute Gasteiger partial charge is 0.497 e. The third-order valence-electron chi connectivity index (χ3n) is 4.79. The number of sulfonamides is 1. The Balaban J connectivity index is 1.77. The lowest BCUT2D eigenvalue weighted by Gasteiger charge is -2.25. The Morgan fingerprint density at radius 2 is 1.81 bits per heavy atom. The number of nitrogens with one attached hydrogen (secondary N) is 1. The predicted octanol–water partition coefficient (Wildman–Crippen LogP) is 2.12. The number of methoxy groups -OCH3 is 2. The lowest BCUT2D eigenvalue weighted by atomic mass is 10.1. The zero-order valence-corrected chi connectivity index (χ0v) is 18.7. The van der Waals surface area contributed by atoms with E-state index < -0.39 is 22.5 Å². The summed E-state index contributed by atoms with van der Waals surface area (Å²) in [5.74, 6) is 1.59. The molecule has 1 aliphatic rings. The van der Waals surface area contributed by atoms with Crippen molar-refractivity contribution in [1.29, 1.82) is 0 Å².